The third kappa shape index (κ3) is 4.95. The lowest BCUT2D eigenvalue weighted by atomic mass is 10.1. The number of carboxylic acid groups (broad SMARTS) is 1. The number of aliphatic carboxylic acids is 1. The van der Waals surface area contributed by atoms with Crippen LogP contribution in [-0.2, 0) is 4.79 Å². The number of anilines is 2. The number of pyridine rings is 1. The number of alkyl halides is 3. The summed E-state index contributed by atoms with van der Waals surface area (Å²) in [6.07, 6.45) is -5.08. The van der Waals surface area contributed by atoms with Crippen molar-refractivity contribution in [1.82, 2.24) is 4.98 Å². The van der Waals surface area contributed by atoms with Crippen LogP contribution in [-0.4, -0.2) is 29.3 Å². The Labute approximate surface area is 177 Å². The van der Waals surface area contributed by atoms with E-state index in [1.807, 2.05) is 0 Å². The molecule has 3 rings (SSSR count). The molecule has 0 radical (unpaired) electrons. The lowest BCUT2D eigenvalue weighted by molar-refractivity contribution is -0.192. The van der Waals surface area contributed by atoms with Gasteiger partial charge >= 0.3 is 12.1 Å². The SMILES string of the molecule is COc1cc2nc(-c3ccc(Cl)c(Cl)c3F)cc(N)c2cc1N.O=C(O)C(F)(F)F. The first-order chi connectivity index (χ1) is 13.9. The van der Waals surface area contributed by atoms with Crippen LogP contribution in [0.3, 0.4) is 0 Å². The van der Waals surface area contributed by atoms with Crippen molar-refractivity contribution in [2.75, 3.05) is 18.6 Å². The number of nitrogens with two attached hydrogens (primary N) is 2. The first-order valence-corrected chi connectivity index (χ1v) is 8.60. The summed E-state index contributed by atoms with van der Waals surface area (Å²) in [5.41, 5.74) is 13.9. The van der Waals surface area contributed by atoms with E-state index in [0.717, 1.165) is 0 Å². The molecule has 0 aliphatic rings. The summed E-state index contributed by atoms with van der Waals surface area (Å²) in [7, 11) is 1.50. The van der Waals surface area contributed by atoms with Crippen LogP contribution < -0.4 is 16.2 Å². The van der Waals surface area contributed by atoms with E-state index in [0.29, 0.717) is 33.7 Å². The number of carbonyl (C=O) groups is 1. The van der Waals surface area contributed by atoms with Gasteiger partial charge in [0.1, 0.15) is 5.75 Å². The normalized spacial score (nSPS) is 11.0. The number of hydrogen-bond acceptors (Lipinski definition) is 5. The van der Waals surface area contributed by atoms with Gasteiger partial charge in [-0.2, -0.15) is 13.2 Å². The van der Waals surface area contributed by atoms with E-state index < -0.39 is 18.0 Å². The number of methoxy groups -OCH3 is 1. The second kappa shape index (κ2) is 8.80. The zero-order valence-electron chi connectivity index (χ0n) is 15.0. The molecule has 0 aliphatic carbocycles. The first kappa shape index (κ1) is 23.3. The van der Waals surface area contributed by atoms with Crippen molar-refractivity contribution < 1.29 is 32.2 Å². The highest BCUT2D eigenvalue weighted by molar-refractivity contribution is 6.42. The number of nitrogens with zero attached hydrogens (tertiary/aromatic N) is 1. The predicted molar refractivity (Wildman–Crippen MR) is 106 cm³/mol. The highest BCUT2D eigenvalue weighted by Crippen LogP contribution is 2.36. The van der Waals surface area contributed by atoms with Crippen molar-refractivity contribution in [3.8, 4) is 17.0 Å². The van der Waals surface area contributed by atoms with Gasteiger partial charge in [-0.1, -0.05) is 23.2 Å². The lowest BCUT2D eigenvalue weighted by Gasteiger charge is -2.11. The fourth-order valence-corrected chi connectivity index (χ4v) is 2.65. The smallest absolute Gasteiger partial charge is 0.490 e. The lowest BCUT2D eigenvalue weighted by Crippen LogP contribution is -2.21. The van der Waals surface area contributed by atoms with Gasteiger partial charge in [0.25, 0.3) is 0 Å². The van der Waals surface area contributed by atoms with E-state index in [4.69, 9.17) is 49.3 Å². The van der Waals surface area contributed by atoms with E-state index in [-0.39, 0.29) is 15.6 Å². The van der Waals surface area contributed by atoms with Crippen molar-refractivity contribution in [1.29, 1.82) is 0 Å². The number of ether oxygens (including phenoxy) is 1. The third-order valence-corrected chi connectivity index (χ3v) is 4.53. The average Bonchev–Trinajstić information content (AvgIpc) is 2.66. The summed E-state index contributed by atoms with van der Waals surface area (Å²) in [6.45, 7) is 0. The molecule has 0 fully saturated rings. The number of benzene rings is 2. The van der Waals surface area contributed by atoms with Crippen molar-refractivity contribution in [3.05, 3.63) is 46.2 Å². The van der Waals surface area contributed by atoms with Gasteiger partial charge in [-0.25, -0.2) is 14.2 Å². The number of fused-ring (bicyclic) bond motifs is 1. The monoisotopic (exact) mass is 465 g/mol. The maximum Gasteiger partial charge on any atom is 0.490 e. The Bertz CT molecular complexity index is 1120. The highest BCUT2D eigenvalue weighted by atomic mass is 35.5. The zero-order chi connectivity index (χ0) is 22.8. The minimum atomic E-state index is -5.08. The summed E-state index contributed by atoms with van der Waals surface area (Å²) in [5, 5.41) is 7.77. The van der Waals surface area contributed by atoms with Gasteiger partial charge in [0.2, 0.25) is 0 Å². The van der Waals surface area contributed by atoms with E-state index in [1.54, 1.807) is 18.2 Å². The Morgan fingerprint density at radius 2 is 1.73 bits per heavy atom. The van der Waals surface area contributed by atoms with E-state index in [1.165, 1.54) is 19.2 Å². The van der Waals surface area contributed by atoms with Gasteiger partial charge in [-0.3, -0.25) is 0 Å². The number of halogens is 6. The number of aromatic nitrogens is 1. The average molecular weight is 466 g/mol. The van der Waals surface area contributed by atoms with Gasteiger partial charge in [0.15, 0.2) is 5.82 Å². The molecule has 1 heterocycles. The zero-order valence-corrected chi connectivity index (χ0v) is 16.5. The van der Waals surface area contributed by atoms with Crippen LogP contribution in [0.25, 0.3) is 22.2 Å². The third-order valence-electron chi connectivity index (χ3n) is 3.75. The Morgan fingerprint density at radius 1 is 1.13 bits per heavy atom. The molecule has 0 saturated carbocycles. The second-order valence-corrected chi connectivity index (χ2v) is 6.52. The maximum atomic E-state index is 14.3. The molecule has 30 heavy (non-hydrogen) atoms. The molecule has 12 heteroatoms. The van der Waals surface area contributed by atoms with Crippen molar-refractivity contribution in [3.63, 3.8) is 0 Å². The summed E-state index contributed by atoms with van der Waals surface area (Å²) in [5.74, 6) is -2.93. The first-order valence-electron chi connectivity index (χ1n) is 7.84. The molecule has 0 bridgehead atoms. The largest absolute Gasteiger partial charge is 0.495 e. The Balaban J connectivity index is 0.000000396. The van der Waals surface area contributed by atoms with Crippen molar-refractivity contribution >= 4 is 51.4 Å². The molecule has 6 nitrogen and oxygen atoms in total. The summed E-state index contributed by atoms with van der Waals surface area (Å²) < 4.78 is 51.3. The number of hydrogen-bond donors (Lipinski definition) is 3. The van der Waals surface area contributed by atoms with E-state index in [2.05, 4.69) is 4.98 Å². The van der Waals surface area contributed by atoms with Crippen LogP contribution in [0.5, 0.6) is 5.75 Å². The number of carboxylic acids is 1. The van der Waals surface area contributed by atoms with Crippen LogP contribution in [0.4, 0.5) is 28.9 Å². The molecule has 0 saturated heterocycles. The number of nitrogen functional groups attached to an aromatic ring is 2. The minimum Gasteiger partial charge on any atom is -0.495 e. The van der Waals surface area contributed by atoms with E-state index >= 15 is 0 Å². The second-order valence-electron chi connectivity index (χ2n) is 5.73. The van der Waals surface area contributed by atoms with Gasteiger partial charge < -0.3 is 21.3 Å². The molecule has 0 unspecified atom stereocenters. The molecule has 5 N–H and O–H groups in total. The maximum absolute atomic E-state index is 14.3. The molecule has 0 atom stereocenters. The molecule has 0 amide bonds. The molecule has 160 valence electrons. The Hall–Kier alpha value is -2.98. The van der Waals surface area contributed by atoms with Crippen LogP contribution >= 0.6 is 23.2 Å². The predicted octanol–water partition coefficient (Wildman–Crippen LogP) is 5.15. The van der Waals surface area contributed by atoms with Gasteiger partial charge in [0, 0.05) is 22.7 Å². The summed E-state index contributed by atoms with van der Waals surface area (Å²) in [4.78, 5) is 13.3. The molecule has 0 spiro atoms. The highest BCUT2D eigenvalue weighted by Gasteiger charge is 2.38. The Kier molecular flexibility index (Phi) is 6.84. The molecule has 2 aromatic carbocycles. The molecular weight excluding hydrogens is 453 g/mol. The van der Waals surface area contributed by atoms with Gasteiger partial charge in [0.05, 0.1) is 34.1 Å². The number of rotatable bonds is 2. The topological polar surface area (TPSA) is 111 Å². The molecule has 1 aromatic heterocycles. The van der Waals surface area contributed by atoms with Crippen LogP contribution in [0.15, 0.2) is 30.3 Å². The van der Waals surface area contributed by atoms with E-state index in [9.17, 15) is 17.6 Å². The fraction of sp³-hybridized carbons (Fsp3) is 0.111. The van der Waals surface area contributed by atoms with Crippen LogP contribution in [0.1, 0.15) is 0 Å². The van der Waals surface area contributed by atoms with Crippen molar-refractivity contribution in [2.45, 2.75) is 6.18 Å². The quantitative estimate of drug-likeness (QED) is 0.274. The Morgan fingerprint density at radius 3 is 2.27 bits per heavy atom. The molecular formula is C18H13Cl2F4N3O3. The fourth-order valence-electron chi connectivity index (χ4n) is 2.34. The van der Waals surface area contributed by atoms with Crippen LogP contribution in [0, 0.1) is 5.82 Å². The van der Waals surface area contributed by atoms with Gasteiger partial charge in [-0.05, 0) is 24.3 Å². The standard InChI is InChI=1S/C16H12Cl2FN3O.C2HF3O2/c1-23-14-6-13-8(4-11(14)21)10(20)5-12(22-13)7-2-3-9(17)15(18)16(7)19;3-2(4,5)1(6)7/h2-6H,21H2,1H3,(H2,20,22);(H,6,7). The minimum absolute atomic E-state index is 0.135. The molecule has 3 aromatic rings. The summed E-state index contributed by atoms with van der Waals surface area (Å²) in [6, 6.07) is 7.90. The van der Waals surface area contributed by atoms with Crippen molar-refractivity contribution in [2.24, 2.45) is 0 Å². The van der Waals surface area contributed by atoms with Gasteiger partial charge in [-0.15, -0.1) is 0 Å². The summed E-state index contributed by atoms with van der Waals surface area (Å²) >= 11 is 11.7. The molecule has 0 aliphatic heterocycles. The van der Waals surface area contributed by atoms with Crippen LogP contribution in [0.2, 0.25) is 10.0 Å².